The Bertz CT molecular complexity index is 1260. The number of aromatic nitrogens is 2. The first-order valence-corrected chi connectivity index (χ1v) is 12.3. The van der Waals surface area contributed by atoms with Crippen molar-refractivity contribution < 1.29 is 14.3 Å². The minimum Gasteiger partial charge on any atom is -0.493 e. The Labute approximate surface area is 203 Å². The summed E-state index contributed by atoms with van der Waals surface area (Å²) >= 11 is 1.43. The predicted molar refractivity (Wildman–Crippen MR) is 134 cm³/mol. The van der Waals surface area contributed by atoms with E-state index >= 15 is 0 Å². The third-order valence-electron chi connectivity index (χ3n) is 5.55. The molecular weight excluding hydrogens is 450 g/mol. The number of rotatable bonds is 8. The van der Waals surface area contributed by atoms with Crippen LogP contribution in [0, 0.1) is 12.8 Å². The lowest BCUT2D eigenvalue weighted by molar-refractivity contribution is -0.116. The van der Waals surface area contributed by atoms with Crippen molar-refractivity contribution in [3.05, 3.63) is 75.1 Å². The summed E-state index contributed by atoms with van der Waals surface area (Å²) in [6.07, 6.45) is 0.156. The largest absolute Gasteiger partial charge is 0.493 e. The van der Waals surface area contributed by atoms with E-state index in [9.17, 15) is 9.59 Å². The highest BCUT2D eigenvalue weighted by molar-refractivity contribution is 7.98. The van der Waals surface area contributed by atoms with Gasteiger partial charge in [0.2, 0.25) is 5.91 Å². The second kappa shape index (κ2) is 10.3. The highest BCUT2D eigenvalue weighted by Crippen LogP contribution is 2.38. The Kier molecular flexibility index (Phi) is 7.26. The zero-order valence-electron chi connectivity index (χ0n) is 19.8. The zero-order valence-corrected chi connectivity index (χ0v) is 20.6. The molecule has 7 nitrogen and oxygen atoms in total. The molecule has 34 heavy (non-hydrogen) atoms. The normalized spacial score (nSPS) is 15.1. The van der Waals surface area contributed by atoms with Gasteiger partial charge in [-0.2, -0.15) is 0 Å². The second-order valence-corrected chi connectivity index (χ2v) is 9.80. The van der Waals surface area contributed by atoms with Crippen LogP contribution < -0.4 is 20.3 Å². The van der Waals surface area contributed by atoms with Gasteiger partial charge in [0.05, 0.1) is 19.3 Å². The fraction of sp³-hybridized carbons (Fsp3) is 0.346. The van der Waals surface area contributed by atoms with Gasteiger partial charge < -0.3 is 19.8 Å². The fourth-order valence-electron chi connectivity index (χ4n) is 3.93. The number of hydrogen-bond acceptors (Lipinski definition) is 6. The number of aryl methyl sites for hydroxylation is 1. The van der Waals surface area contributed by atoms with Crippen molar-refractivity contribution in [2.45, 2.75) is 44.0 Å². The van der Waals surface area contributed by atoms with E-state index in [4.69, 9.17) is 9.47 Å². The molecule has 8 heteroatoms. The van der Waals surface area contributed by atoms with Gasteiger partial charge >= 0.3 is 0 Å². The summed E-state index contributed by atoms with van der Waals surface area (Å²) in [6.45, 7) is 6.76. The molecule has 0 aliphatic carbocycles. The molecule has 1 amide bonds. The van der Waals surface area contributed by atoms with Gasteiger partial charge in [0.1, 0.15) is 5.82 Å². The lowest BCUT2D eigenvalue weighted by atomic mass is 9.86. The van der Waals surface area contributed by atoms with Gasteiger partial charge in [0.25, 0.3) is 5.56 Å². The minimum absolute atomic E-state index is 0.156. The lowest BCUT2D eigenvalue weighted by Crippen LogP contribution is -2.31. The molecule has 1 aliphatic heterocycles. The first-order chi connectivity index (χ1) is 16.3. The van der Waals surface area contributed by atoms with Gasteiger partial charge in [0.15, 0.2) is 16.7 Å². The van der Waals surface area contributed by atoms with Crippen LogP contribution in [0.1, 0.15) is 48.4 Å². The molecule has 0 saturated carbocycles. The van der Waals surface area contributed by atoms with Crippen LogP contribution in [0.5, 0.6) is 11.5 Å². The zero-order chi connectivity index (χ0) is 24.2. The molecule has 0 saturated heterocycles. The van der Waals surface area contributed by atoms with Gasteiger partial charge in [-0.15, -0.1) is 0 Å². The Hall–Kier alpha value is -3.26. The van der Waals surface area contributed by atoms with Crippen molar-refractivity contribution in [2.24, 2.45) is 5.92 Å². The molecule has 178 valence electrons. The second-order valence-electron chi connectivity index (χ2n) is 8.83. The number of nitrogens with one attached hydrogen (secondary N) is 2. The van der Waals surface area contributed by atoms with Crippen LogP contribution in [-0.2, 0) is 10.5 Å². The molecule has 2 heterocycles. The van der Waals surface area contributed by atoms with Gasteiger partial charge in [0, 0.05) is 18.1 Å². The Morgan fingerprint density at radius 1 is 1.15 bits per heavy atom. The van der Waals surface area contributed by atoms with E-state index in [1.165, 1.54) is 17.3 Å². The quantitative estimate of drug-likeness (QED) is 0.353. The maximum Gasteiger partial charge on any atom is 0.257 e. The van der Waals surface area contributed by atoms with Crippen LogP contribution in [0.25, 0.3) is 0 Å². The van der Waals surface area contributed by atoms with Crippen molar-refractivity contribution in [1.82, 2.24) is 9.97 Å². The average Bonchev–Trinajstić information content (AvgIpc) is 2.80. The minimum atomic E-state index is -0.427. The van der Waals surface area contributed by atoms with Crippen LogP contribution in [-0.4, -0.2) is 29.6 Å². The number of carbonyl (C=O) groups is 1. The monoisotopic (exact) mass is 479 g/mol. The van der Waals surface area contributed by atoms with E-state index in [1.54, 1.807) is 7.11 Å². The van der Waals surface area contributed by atoms with Crippen molar-refractivity contribution in [3.8, 4) is 11.5 Å². The van der Waals surface area contributed by atoms with Crippen LogP contribution in [0.15, 0.2) is 52.4 Å². The van der Waals surface area contributed by atoms with E-state index in [0.29, 0.717) is 46.3 Å². The van der Waals surface area contributed by atoms with Gasteiger partial charge in [-0.1, -0.05) is 61.5 Å². The number of thioether (sulfide) groups is 1. The number of hydrogen-bond donors (Lipinski definition) is 2. The van der Waals surface area contributed by atoms with E-state index in [-0.39, 0.29) is 17.9 Å². The van der Waals surface area contributed by atoms with Crippen molar-refractivity contribution in [2.75, 3.05) is 19.0 Å². The van der Waals surface area contributed by atoms with Gasteiger partial charge in [-0.25, -0.2) is 4.98 Å². The summed E-state index contributed by atoms with van der Waals surface area (Å²) in [5, 5.41) is 3.25. The molecule has 4 rings (SSSR count). The number of aromatic amines is 1. The molecular formula is C26H29N3O4S. The summed E-state index contributed by atoms with van der Waals surface area (Å²) < 4.78 is 11.4. The number of benzene rings is 2. The van der Waals surface area contributed by atoms with E-state index in [1.807, 2.05) is 43.3 Å². The molecule has 3 aromatic rings. The smallest absolute Gasteiger partial charge is 0.257 e. The number of ether oxygens (including phenoxy) is 2. The van der Waals surface area contributed by atoms with E-state index < -0.39 is 5.92 Å². The maximum absolute atomic E-state index is 13.1. The van der Waals surface area contributed by atoms with Crippen molar-refractivity contribution in [1.29, 1.82) is 0 Å². The molecule has 1 aliphatic rings. The molecule has 0 radical (unpaired) electrons. The molecule has 0 spiro atoms. The Morgan fingerprint density at radius 2 is 1.97 bits per heavy atom. The first-order valence-electron chi connectivity index (χ1n) is 11.3. The number of anilines is 1. The number of methoxy groups -OCH3 is 1. The molecule has 0 fully saturated rings. The summed E-state index contributed by atoms with van der Waals surface area (Å²) in [7, 11) is 1.58. The highest BCUT2D eigenvalue weighted by Gasteiger charge is 2.31. The predicted octanol–water partition coefficient (Wildman–Crippen LogP) is 4.89. The standard InChI is InChI=1S/C26H29N3O4S/c1-15(2)13-33-20-9-8-18(11-21(20)32-4)19-12-22(30)27-24-23(19)25(31)29-26(28-24)34-14-17-7-5-6-16(3)10-17/h5-11,15,19H,12-14H2,1-4H3,(H2,27,28,29,30,31)/t19-/m0/s1. The van der Waals surface area contributed by atoms with E-state index in [0.717, 1.165) is 11.1 Å². The van der Waals surface area contributed by atoms with Crippen LogP contribution >= 0.6 is 11.8 Å². The molecule has 1 aromatic heterocycles. The Morgan fingerprint density at radius 3 is 2.71 bits per heavy atom. The molecule has 2 N–H and O–H groups in total. The third-order valence-corrected chi connectivity index (χ3v) is 6.49. The SMILES string of the molecule is COc1cc([C@@H]2CC(=O)Nc3nc(SCc4cccc(C)c4)[nH]c(=O)c32)ccc1OCC(C)C. The highest BCUT2D eigenvalue weighted by atomic mass is 32.2. The molecule has 2 aromatic carbocycles. The summed E-state index contributed by atoms with van der Waals surface area (Å²) in [5.74, 6) is 1.95. The van der Waals surface area contributed by atoms with Crippen LogP contribution in [0.4, 0.5) is 5.82 Å². The number of H-pyrrole nitrogens is 1. The molecule has 0 unspecified atom stereocenters. The van der Waals surface area contributed by atoms with Gasteiger partial charge in [-0.05, 0) is 36.1 Å². The molecule has 0 bridgehead atoms. The number of fused-ring (bicyclic) bond motifs is 1. The Balaban J connectivity index is 1.62. The maximum atomic E-state index is 13.1. The van der Waals surface area contributed by atoms with Crippen molar-refractivity contribution in [3.63, 3.8) is 0 Å². The summed E-state index contributed by atoms with van der Waals surface area (Å²) in [5.41, 5.74) is 3.32. The average molecular weight is 480 g/mol. The number of nitrogens with zero attached hydrogens (tertiary/aromatic N) is 1. The van der Waals surface area contributed by atoms with Crippen LogP contribution in [0.3, 0.4) is 0 Å². The van der Waals surface area contributed by atoms with Crippen molar-refractivity contribution >= 4 is 23.5 Å². The van der Waals surface area contributed by atoms with Gasteiger partial charge in [-0.3, -0.25) is 9.59 Å². The topological polar surface area (TPSA) is 93.3 Å². The third kappa shape index (κ3) is 5.44. The lowest BCUT2D eigenvalue weighted by Gasteiger charge is -2.25. The van der Waals surface area contributed by atoms with E-state index in [2.05, 4.69) is 35.2 Å². The number of amides is 1. The molecule has 1 atom stereocenters. The first kappa shape index (κ1) is 23.9. The number of carbonyl (C=O) groups excluding carboxylic acids is 1. The van der Waals surface area contributed by atoms with Crippen LogP contribution in [0.2, 0.25) is 0 Å². The summed E-state index contributed by atoms with van der Waals surface area (Å²) in [6, 6.07) is 13.7. The summed E-state index contributed by atoms with van der Waals surface area (Å²) in [4.78, 5) is 33.1. The fourth-order valence-corrected chi connectivity index (χ4v) is 4.74.